The Balaban J connectivity index is 1.86. The van der Waals surface area contributed by atoms with Crippen molar-refractivity contribution in [1.82, 2.24) is 14.5 Å². The zero-order chi connectivity index (χ0) is 15.5. The highest BCUT2D eigenvalue weighted by Gasteiger charge is 2.12. The average Bonchev–Trinajstić information content (AvgIpc) is 3.01. The van der Waals surface area contributed by atoms with Crippen molar-refractivity contribution in [3.05, 3.63) is 70.9 Å². The number of aryl methyl sites for hydroxylation is 1. The van der Waals surface area contributed by atoms with Crippen molar-refractivity contribution in [2.75, 3.05) is 0 Å². The maximum atomic E-state index is 10.8. The molecule has 0 atom stereocenters. The SMILES string of the molecule is Cc1cc(Oc2cccc(-n3ccnc3)c2)ncc1[N+](=O)[O-]. The molecule has 3 rings (SSSR count). The highest BCUT2D eigenvalue weighted by atomic mass is 16.6. The Morgan fingerprint density at radius 2 is 2.18 bits per heavy atom. The van der Waals surface area contributed by atoms with Crippen molar-refractivity contribution in [3.8, 4) is 17.3 Å². The monoisotopic (exact) mass is 296 g/mol. The van der Waals surface area contributed by atoms with Gasteiger partial charge in [-0.15, -0.1) is 0 Å². The fourth-order valence-corrected chi connectivity index (χ4v) is 2.01. The number of benzene rings is 1. The zero-order valence-electron chi connectivity index (χ0n) is 11.7. The summed E-state index contributed by atoms with van der Waals surface area (Å²) in [5.74, 6) is 0.901. The van der Waals surface area contributed by atoms with Crippen molar-refractivity contribution in [1.29, 1.82) is 0 Å². The first-order valence-corrected chi connectivity index (χ1v) is 6.51. The van der Waals surface area contributed by atoms with E-state index in [1.54, 1.807) is 31.6 Å². The van der Waals surface area contributed by atoms with E-state index in [0.29, 0.717) is 17.2 Å². The van der Waals surface area contributed by atoms with E-state index < -0.39 is 4.92 Å². The van der Waals surface area contributed by atoms with Crippen LogP contribution in [0.5, 0.6) is 11.6 Å². The number of imidazole rings is 1. The second-order valence-corrected chi connectivity index (χ2v) is 4.64. The lowest BCUT2D eigenvalue weighted by molar-refractivity contribution is -0.385. The molecule has 0 saturated heterocycles. The topological polar surface area (TPSA) is 83.1 Å². The van der Waals surface area contributed by atoms with E-state index in [1.807, 2.05) is 29.0 Å². The molecule has 2 aromatic heterocycles. The number of nitrogens with zero attached hydrogens (tertiary/aromatic N) is 4. The minimum absolute atomic E-state index is 0.0282. The highest BCUT2D eigenvalue weighted by Crippen LogP contribution is 2.25. The number of nitro groups is 1. The number of hydrogen-bond acceptors (Lipinski definition) is 5. The summed E-state index contributed by atoms with van der Waals surface area (Å²) in [5.41, 5.74) is 1.37. The molecule has 0 bridgehead atoms. The lowest BCUT2D eigenvalue weighted by Crippen LogP contribution is -1.96. The molecule has 0 aliphatic carbocycles. The summed E-state index contributed by atoms with van der Waals surface area (Å²) in [5, 5.41) is 10.8. The molecule has 0 aliphatic heterocycles. The largest absolute Gasteiger partial charge is 0.439 e. The van der Waals surface area contributed by atoms with E-state index in [1.165, 1.54) is 6.20 Å². The van der Waals surface area contributed by atoms with Gasteiger partial charge in [-0.3, -0.25) is 10.1 Å². The van der Waals surface area contributed by atoms with E-state index >= 15 is 0 Å². The van der Waals surface area contributed by atoms with Gasteiger partial charge in [0.15, 0.2) is 0 Å². The van der Waals surface area contributed by atoms with Crippen LogP contribution in [0, 0.1) is 17.0 Å². The molecule has 0 N–H and O–H groups in total. The van der Waals surface area contributed by atoms with Crippen molar-refractivity contribution < 1.29 is 9.66 Å². The lowest BCUT2D eigenvalue weighted by Gasteiger charge is -2.08. The van der Waals surface area contributed by atoms with Crippen LogP contribution >= 0.6 is 0 Å². The molecular formula is C15H12N4O3. The van der Waals surface area contributed by atoms with Gasteiger partial charge in [0.1, 0.15) is 11.9 Å². The highest BCUT2D eigenvalue weighted by molar-refractivity contribution is 5.43. The Hall–Kier alpha value is -3.22. The number of rotatable bonds is 4. The minimum Gasteiger partial charge on any atom is -0.439 e. The first kappa shape index (κ1) is 13.7. The molecule has 0 amide bonds. The van der Waals surface area contributed by atoms with Crippen molar-refractivity contribution in [3.63, 3.8) is 0 Å². The number of pyridine rings is 1. The van der Waals surface area contributed by atoms with Crippen molar-refractivity contribution >= 4 is 5.69 Å². The molecule has 7 nitrogen and oxygen atoms in total. The third kappa shape index (κ3) is 2.78. The quantitative estimate of drug-likeness (QED) is 0.545. The van der Waals surface area contributed by atoms with Crippen molar-refractivity contribution in [2.24, 2.45) is 0 Å². The third-order valence-electron chi connectivity index (χ3n) is 3.10. The average molecular weight is 296 g/mol. The molecular weight excluding hydrogens is 284 g/mol. The van der Waals surface area contributed by atoms with Gasteiger partial charge in [0.25, 0.3) is 5.69 Å². The molecule has 1 aromatic carbocycles. The van der Waals surface area contributed by atoms with E-state index in [0.717, 1.165) is 5.69 Å². The molecule has 3 aromatic rings. The number of aromatic nitrogens is 3. The van der Waals surface area contributed by atoms with Gasteiger partial charge in [0.05, 0.1) is 16.9 Å². The molecule has 0 unspecified atom stereocenters. The summed E-state index contributed by atoms with van der Waals surface area (Å²) in [6, 6.07) is 8.94. The molecule has 0 fully saturated rings. The Bertz CT molecular complexity index is 815. The maximum absolute atomic E-state index is 10.8. The van der Waals surface area contributed by atoms with Gasteiger partial charge < -0.3 is 9.30 Å². The Morgan fingerprint density at radius 1 is 1.32 bits per heavy atom. The number of hydrogen-bond donors (Lipinski definition) is 0. The van der Waals surface area contributed by atoms with Gasteiger partial charge in [-0.25, -0.2) is 9.97 Å². The maximum Gasteiger partial charge on any atom is 0.290 e. The van der Waals surface area contributed by atoms with Crippen molar-refractivity contribution in [2.45, 2.75) is 6.92 Å². The Kier molecular flexibility index (Phi) is 3.53. The third-order valence-corrected chi connectivity index (χ3v) is 3.10. The van der Waals surface area contributed by atoms with Gasteiger partial charge in [-0.05, 0) is 19.1 Å². The van der Waals surface area contributed by atoms with Gasteiger partial charge in [0, 0.05) is 30.1 Å². The summed E-state index contributed by atoms with van der Waals surface area (Å²) >= 11 is 0. The first-order valence-electron chi connectivity index (χ1n) is 6.51. The lowest BCUT2D eigenvalue weighted by atomic mass is 10.2. The summed E-state index contributed by atoms with van der Waals surface area (Å²) in [7, 11) is 0. The summed E-state index contributed by atoms with van der Waals surface area (Å²) in [6.07, 6.45) is 6.40. The van der Waals surface area contributed by atoms with Crippen LogP contribution in [0.3, 0.4) is 0 Å². The normalized spacial score (nSPS) is 10.4. The van der Waals surface area contributed by atoms with Crippen LogP contribution < -0.4 is 4.74 Å². The first-order chi connectivity index (χ1) is 10.6. The van der Waals surface area contributed by atoms with Gasteiger partial charge in [0.2, 0.25) is 5.88 Å². The van der Waals surface area contributed by atoms with Crippen LogP contribution in [0.25, 0.3) is 5.69 Å². The predicted molar refractivity (Wildman–Crippen MR) is 79.3 cm³/mol. The van der Waals surface area contributed by atoms with E-state index in [4.69, 9.17) is 4.74 Å². The van der Waals surface area contributed by atoms with Crippen LogP contribution in [0.4, 0.5) is 5.69 Å². The van der Waals surface area contributed by atoms with Crippen LogP contribution in [0.2, 0.25) is 0 Å². The van der Waals surface area contributed by atoms with E-state index in [2.05, 4.69) is 9.97 Å². The summed E-state index contributed by atoms with van der Waals surface area (Å²) < 4.78 is 7.51. The smallest absolute Gasteiger partial charge is 0.290 e. The van der Waals surface area contributed by atoms with E-state index in [-0.39, 0.29) is 5.69 Å². The fraction of sp³-hybridized carbons (Fsp3) is 0.0667. The van der Waals surface area contributed by atoms with Gasteiger partial charge in [-0.2, -0.15) is 0 Å². The molecule has 0 radical (unpaired) electrons. The van der Waals surface area contributed by atoms with Crippen LogP contribution in [0.15, 0.2) is 55.2 Å². The molecule has 2 heterocycles. The molecule has 110 valence electrons. The standard InChI is InChI=1S/C15H12N4O3/c1-11-7-15(17-9-14(11)19(20)21)22-13-4-2-3-12(8-13)18-6-5-16-10-18/h2-10H,1H3. The molecule has 0 saturated carbocycles. The summed E-state index contributed by atoms with van der Waals surface area (Å²) in [4.78, 5) is 18.3. The van der Waals surface area contributed by atoms with Crippen LogP contribution in [-0.2, 0) is 0 Å². The molecule has 22 heavy (non-hydrogen) atoms. The fourth-order valence-electron chi connectivity index (χ4n) is 2.01. The predicted octanol–water partition coefficient (Wildman–Crippen LogP) is 3.28. The molecule has 0 aliphatic rings. The zero-order valence-corrected chi connectivity index (χ0v) is 11.7. The van der Waals surface area contributed by atoms with Crippen LogP contribution in [-0.4, -0.2) is 19.5 Å². The molecule has 7 heteroatoms. The Morgan fingerprint density at radius 3 is 2.86 bits per heavy atom. The van der Waals surface area contributed by atoms with Crippen LogP contribution in [0.1, 0.15) is 5.56 Å². The van der Waals surface area contributed by atoms with Gasteiger partial charge >= 0.3 is 0 Å². The van der Waals surface area contributed by atoms with Gasteiger partial charge in [-0.1, -0.05) is 6.07 Å². The summed E-state index contributed by atoms with van der Waals surface area (Å²) in [6.45, 7) is 1.65. The number of ether oxygens (including phenoxy) is 1. The minimum atomic E-state index is -0.466. The molecule has 0 spiro atoms. The second kappa shape index (κ2) is 5.65. The van der Waals surface area contributed by atoms with E-state index in [9.17, 15) is 10.1 Å². The second-order valence-electron chi connectivity index (χ2n) is 4.64. The Labute approximate surface area is 126 Å².